The van der Waals surface area contributed by atoms with Crippen LogP contribution in [0.2, 0.25) is 0 Å². The van der Waals surface area contributed by atoms with Crippen molar-refractivity contribution in [2.75, 3.05) is 26.8 Å². The van der Waals surface area contributed by atoms with Gasteiger partial charge in [0.15, 0.2) is 5.65 Å². The summed E-state index contributed by atoms with van der Waals surface area (Å²) < 4.78 is 13.8. The first kappa shape index (κ1) is 21.9. The Morgan fingerprint density at radius 2 is 1.94 bits per heavy atom. The molecule has 0 saturated carbocycles. The molecule has 4 heterocycles. The van der Waals surface area contributed by atoms with Crippen LogP contribution in [0.25, 0.3) is 16.7 Å². The van der Waals surface area contributed by atoms with E-state index in [1.54, 1.807) is 11.7 Å². The minimum Gasteiger partial charge on any atom is -0.497 e. The molecule has 5 rings (SSSR count). The molecule has 9 heteroatoms. The Labute approximate surface area is 186 Å². The maximum Gasteiger partial charge on any atom is 0.352 e. The number of methoxy groups -OCH3 is 1. The lowest BCUT2D eigenvalue weighted by Crippen LogP contribution is -2.40. The predicted octanol–water partition coefficient (Wildman–Crippen LogP) is 2.35. The molecule has 1 aliphatic heterocycles. The Hall–Kier alpha value is -3.30. The van der Waals surface area contributed by atoms with Crippen molar-refractivity contribution < 1.29 is 9.47 Å². The highest BCUT2D eigenvalue weighted by Gasteiger charge is 2.19. The van der Waals surface area contributed by atoms with Gasteiger partial charge in [0.2, 0.25) is 0 Å². The van der Waals surface area contributed by atoms with Crippen LogP contribution in [-0.2, 0) is 17.8 Å². The molecule has 0 amide bonds. The molecule has 0 spiro atoms. The molecule has 168 valence electrons. The van der Waals surface area contributed by atoms with E-state index in [1.165, 1.54) is 10.8 Å². The van der Waals surface area contributed by atoms with Gasteiger partial charge in [-0.3, -0.25) is 9.47 Å². The third-order valence-corrected chi connectivity index (χ3v) is 5.61. The molecule has 1 fully saturated rings. The molecule has 1 atom stereocenters. The van der Waals surface area contributed by atoms with E-state index in [1.807, 2.05) is 30.5 Å². The zero-order chi connectivity index (χ0) is 21.4. The van der Waals surface area contributed by atoms with Crippen molar-refractivity contribution in [1.82, 2.24) is 29.0 Å². The summed E-state index contributed by atoms with van der Waals surface area (Å²) in [6.07, 6.45) is 3.48. The molecule has 9 nitrogen and oxygen atoms in total. The van der Waals surface area contributed by atoms with Crippen LogP contribution in [-0.4, -0.2) is 62.0 Å². The molecular weight excluding hydrogens is 408 g/mol. The van der Waals surface area contributed by atoms with Crippen molar-refractivity contribution in [3.63, 3.8) is 0 Å². The lowest BCUT2D eigenvalue weighted by atomic mass is 10.2. The van der Waals surface area contributed by atoms with E-state index in [2.05, 4.69) is 33.0 Å². The number of pyridine rings is 1. The third-order valence-electron chi connectivity index (χ3n) is 5.61. The van der Waals surface area contributed by atoms with E-state index in [-0.39, 0.29) is 19.2 Å². The van der Waals surface area contributed by atoms with Crippen LogP contribution in [0, 0.1) is 0 Å². The van der Waals surface area contributed by atoms with Crippen molar-refractivity contribution in [1.29, 1.82) is 0 Å². The van der Waals surface area contributed by atoms with Crippen molar-refractivity contribution in [3.8, 4) is 5.75 Å². The summed E-state index contributed by atoms with van der Waals surface area (Å²) in [6, 6.07) is 9.71. The number of rotatable bonds is 5. The second kappa shape index (κ2) is 9.05. The summed E-state index contributed by atoms with van der Waals surface area (Å²) >= 11 is 0. The van der Waals surface area contributed by atoms with Crippen LogP contribution < -0.4 is 10.4 Å². The summed E-state index contributed by atoms with van der Waals surface area (Å²) in [5.41, 5.74) is 2.90. The van der Waals surface area contributed by atoms with Gasteiger partial charge in [0.1, 0.15) is 17.7 Å². The van der Waals surface area contributed by atoms with Crippen molar-refractivity contribution in [2.45, 2.75) is 33.5 Å². The van der Waals surface area contributed by atoms with Crippen LogP contribution >= 0.6 is 0 Å². The predicted molar refractivity (Wildman–Crippen MR) is 122 cm³/mol. The molecule has 1 unspecified atom stereocenters. The Morgan fingerprint density at radius 3 is 2.69 bits per heavy atom. The number of hydrogen-bond acceptors (Lipinski definition) is 7. The first-order chi connectivity index (χ1) is 15.1. The fourth-order valence-corrected chi connectivity index (χ4v) is 4.09. The molecule has 1 aliphatic rings. The first-order valence-electron chi connectivity index (χ1n) is 10.3. The quantitative estimate of drug-likeness (QED) is 0.475. The molecule has 1 saturated heterocycles. The van der Waals surface area contributed by atoms with Gasteiger partial charge in [-0.2, -0.15) is 9.61 Å². The smallest absolute Gasteiger partial charge is 0.352 e. The molecule has 1 aromatic carbocycles. The second-order valence-electron chi connectivity index (χ2n) is 7.84. The van der Waals surface area contributed by atoms with Crippen LogP contribution in [0.3, 0.4) is 0 Å². The molecule has 0 aliphatic carbocycles. The van der Waals surface area contributed by atoms with Gasteiger partial charge in [0.05, 0.1) is 31.8 Å². The maximum absolute atomic E-state index is 13.1. The number of morpholine rings is 1. The lowest BCUT2D eigenvalue weighted by molar-refractivity contribution is -0.0212. The van der Waals surface area contributed by atoms with E-state index >= 15 is 0 Å². The average molecular weight is 437 g/mol. The minimum absolute atomic E-state index is 0. The zero-order valence-corrected chi connectivity index (χ0v) is 17.6. The van der Waals surface area contributed by atoms with Gasteiger partial charge in [0, 0.05) is 25.8 Å². The number of benzene rings is 1. The highest BCUT2D eigenvalue weighted by atomic mass is 16.5. The van der Waals surface area contributed by atoms with Crippen molar-refractivity contribution in [3.05, 3.63) is 64.5 Å². The van der Waals surface area contributed by atoms with Crippen molar-refractivity contribution >= 4 is 16.7 Å². The Kier molecular flexibility index (Phi) is 6.20. The van der Waals surface area contributed by atoms with Gasteiger partial charge in [-0.1, -0.05) is 19.6 Å². The number of hydrogen-bond donors (Lipinski definition) is 0. The topological polar surface area (TPSA) is 86.8 Å². The molecule has 0 radical (unpaired) electrons. The van der Waals surface area contributed by atoms with Gasteiger partial charge < -0.3 is 9.47 Å². The Balaban J connectivity index is 0.00000245. The minimum atomic E-state index is -0.266. The fourth-order valence-electron chi connectivity index (χ4n) is 4.09. The SMILES string of the molecule is C.COc1ccc(Cn2c(=O)n3ncnc3c3cc(CN4CCOC(C)C4)cnc32)cc1. The van der Waals surface area contributed by atoms with Gasteiger partial charge in [-0.05, 0) is 36.2 Å². The summed E-state index contributed by atoms with van der Waals surface area (Å²) in [7, 11) is 1.63. The summed E-state index contributed by atoms with van der Waals surface area (Å²) in [5.74, 6) is 0.771. The number of aromatic nitrogens is 5. The average Bonchev–Trinajstić information content (AvgIpc) is 3.28. The van der Waals surface area contributed by atoms with E-state index < -0.39 is 0 Å². The maximum atomic E-state index is 13.1. The highest BCUT2D eigenvalue weighted by Crippen LogP contribution is 2.20. The zero-order valence-electron chi connectivity index (χ0n) is 17.6. The van der Waals surface area contributed by atoms with Gasteiger partial charge in [-0.25, -0.2) is 14.8 Å². The number of nitrogens with zero attached hydrogens (tertiary/aromatic N) is 6. The molecule has 0 bridgehead atoms. The largest absolute Gasteiger partial charge is 0.497 e. The van der Waals surface area contributed by atoms with Crippen LogP contribution in [0.5, 0.6) is 5.75 Å². The molecule has 32 heavy (non-hydrogen) atoms. The summed E-state index contributed by atoms with van der Waals surface area (Å²) in [6.45, 7) is 5.74. The Bertz CT molecular complexity index is 1280. The van der Waals surface area contributed by atoms with Crippen molar-refractivity contribution in [2.24, 2.45) is 0 Å². The third kappa shape index (κ3) is 4.09. The Morgan fingerprint density at radius 1 is 1.12 bits per heavy atom. The standard InChI is InChI=1S/C22H24N6O3.CH4/c1-15-11-26(7-8-31-15)12-17-9-19-20(23-10-17)27(22(29)28-21(19)24-14-25-28)13-16-3-5-18(30-2)6-4-16;/h3-6,9-10,14-15H,7-8,11-13H2,1-2H3;1H4. The van der Waals surface area contributed by atoms with Crippen LogP contribution in [0.1, 0.15) is 25.5 Å². The van der Waals surface area contributed by atoms with E-state index in [9.17, 15) is 4.79 Å². The summed E-state index contributed by atoms with van der Waals surface area (Å²) in [5, 5.41) is 4.96. The monoisotopic (exact) mass is 436 g/mol. The van der Waals surface area contributed by atoms with E-state index in [4.69, 9.17) is 9.47 Å². The first-order valence-corrected chi connectivity index (χ1v) is 10.3. The second-order valence-corrected chi connectivity index (χ2v) is 7.84. The van der Waals surface area contributed by atoms with Crippen LogP contribution in [0.15, 0.2) is 47.7 Å². The summed E-state index contributed by atoms with van der Waals surface area (Å²) in [4.78, 5) is 24.5. The molecular formula is C23H28N6O3. The van der Waals surface area contributed by atoms with Crippen LogP contribution in [0.4, 0.5) is 0 Å². The van der Waals surface area contributed by atoms with E-state index in [0.717, 1.165) is 48.5 Å². The normalized spacial score (nSPS) is 16.9. The molecule has 3 aromatic heterocycles. The van der Waals surface area contributed by atoms with Gasteiger partial charge >= 0.3 is 5.69 Å². The highest BCUT2D eigenvalue weighted by molar-refractivity contribution is 5.89. The lowest BCUT2D eigenvalue weighted by Gasteiger charge is -2.31. The number of fused-ring (bicyclic) bond motifs is 3. The van der Waals surface area contributed by atoms with E-state index in [0.29, 0.717) is 17.8 Å². The molecule has 4 aromatic rings. The van der Waals surface area contributed by atoms with Gasteiger partial charge in [0.25, 0.3) is 0 Å². The molecule has 0 N–H and O–H groups in total. The number of ether oxygens (including phenoxy) is 2. The fraction of sp³-hybridized carbons (Fsp3) is 0.391. The van der Waals surface area contributed by atoms with Gasteiger partial charge in [-0.15, -0.1) is 0 Å².